The first-order valence-electron chi connectivity index (χ1n) is 17.2. The molecule has 2 aromatic heterocycles. The maximum atomic E-state index is 6.31. The van der Waals surface area contributed by atoms with E-state index >= 15 is 0 Å². The van der Waals surface area contributed by atoms with Gasteiger partial charge in [0.05, 0.1) is 11.0 Å². The van der Waals surface area contributed by atoms with E-state index in [4.69, 9.17) is 4.42 Å². The highest BCUT2D eigenvalue weighted by atomic mass is 16.3. The Morgan fingerprint density at radius 3 is 1.42 bits per heavy atom. The fourth-order valence-corrected chi connectivity index (χ4v) is 8.42. The Kier molecular flexibility index (Phi) is 5.70. The van der Waals surface area contributed by atoms with E-state index in [1.807, 2.05) is 6.07 Å². The van der Waals surface area contributed by atoms with E-state index in [1.54, 1.807) is 0 Å². The lowest BCUT2D eigenvalue weighted by molar-refractivity contribution is 0.669. The number of hydrogen-bond donors (Lipinski definition) is 0. The molecule has 0 spiro atoms. The van der Waals surface area contributed by atoms with E-state index in [9.17, 15) is 0 Å². The van der Waals surface area contributed by atoms with Gasteiger partial charge in [0.25, 0.3) is 0 Å². The Balaban J connectivity index is 1.33. The summed E-state index contributed by atoms with van der Waals surface area (Å²) in [6, 6.07) is 64.1. The van der Waals surface area contributed by atoms with E-state index < -0.39 is 0 Å². The Labute approximate surface area is 289 Å². The maximum absolute atomic E-state index is 6.31. The summed E-state index contributed by atoms with van der Waals surface area (Å²) in [7, 11) is 0. The second-order valence-electron chi connectivity index (χ2n) is 13.2. The molecule has 0 bridgehead atoms. The molecular weight excluding hydrogens is 607 g/mol. The van der Waals surface area contributed by atoms with E-state index in [-0.39, 0.29) is 0 Å². The van der Waals surface area contributed by atoms with Gasteiger partial charge in [-0.2, -0.15) is 0 Å². The molecule has 11 rings (SSSR count). The summed E-state index contributed by atoms with van der Waals surface area (Å²) in [6.45, 7) is 0. The summed E-state index contributed by atoms with van der Waals surface area (Å²) in [4.78, 5) is 0. The van der Waals surface area contributed by atoms with Crippen LogP contribution in [-0.2, 0) is 0 Å². The standard InChI is InChI=1S/C48H29NO/c1-2-14-33-32(13-1)34-15-3-4-17-36(34)43-29-31(49-44-22-10-7-18-37(44)38-19-8-11-23-45(38)49)28-41(48(43)40-21-6-5-16-35(33)40)30-25-26-47-42(27-30)39-20-9-12-24-46(39)50-47/h1-29H. The minimum absolute atomic E-state index is 0.899. The molecule has 232 valence electrons. The van der Waals surface area contributed by atoms with Gasteiger partial charge in [-0.15, -0.1) is 0 Å². The lowest BCUT2D eigenvalue weighted by atomic mass is 9.78. The zero-order valence-electron chi connectivity index (χ0n) is 27.1. The van der Waals surface area contributed by atoms with E-state index in [1.165, 1.54) is 71.9 Å². The number of rotatable bonds is 2. The highest BCUT2D eigenvalue weighted by Crippen LogP contribution is 2.52. The molecule has 0 saturated carbocycles. The van der Waals surface area contributed by atoms with Crippen LogP contribution in [0.1, 0.15) is 0 Å². The third kappa shape index (κ3) is 3.85. The molecule has 0 atom stereocenters. The van der Waals surface area contributed by atoms with Crippen molar-refractivity contribution in [3.63, 3.8) is 0 Å². The van der Waals surface area contributed by atoms with Crippen molar-refractivity contribution in [2.24, 2.45) is 0 Å². The van der Waals surface area contributed by atoms with Gasteiger partial charge in [-0.1, -0.05) is 133 Å². The van der Waals surface area contributed by atoms with Crippen LogP contribution >= 0.6 is 0 Å². The fourth-order valence-electron chi connectivity index (χ4n) is 8.42. The van der Waals surface area contributed by atoms with Gasteiger partial charge in [0.2, 0.25) is 0 Å². The molecule has 1 aliphatic rings. The van der Waals surface area contributed by atoms with Crippen molar-refractivity contribution in [1.29, 1.82) is 0 Å². The first-order valence-corrected chi connectivity index (χ1v) is 17.2. The number of hydrogen-bond acceptors (Lipinski definition) is 1. The maximum Gasteiger partial charge on any atom is 0.135 e. The summed E-state index contributed by atoms with van der Waals surface area (Å²) in [5.74, 6) is 0. The molecule has 10 aromatic rings. The normalized spacial score (nSPS) is 12.0. The quantitative estimate of drug-likeness (QED) is 0.185. The van der Waals surface area contributed by atoms with Gasteiger partial charge in [0, 0.05) is 27.2 Å². The van der Waals surface area contributed by atoms with Crippen LogP contribution in [0.15, 0.2) is 180 Å². The van der Waals surface area contributed by atoms with Crippen LogP contribution in [0, 0.1) is 0 Å². The van der Waals surface area contributed by atoms with E-state index in [2.05, 4.69) is 174 Å². The molecule has 0 radical (unpaired) electrons. The average Bonchev–Trinajstić information content (AvgIpc) is 3.72. The first-order chi connectivity index (χ1) is 24.8. The smallest absolute Gasteiger partial charge is 0.135 e. The fraction of sp³-hybridized carbons (Fsp3) is 0. The minimum atomic E-state index is 0.899. The van der Waals surface area contributed by atoms with Crippen LogP contribution in [0.4, 0.5) is 0 Å². The molecule has 0 aliphatic heterocycles. The first kappa shape index (κ1) is 27.3. The molecular formula is C48H29NO. The molecule has 1 aliphatic carbocycles. The van der Waals surface area contributed by atoms with Crippen LogP contribution in [0.5, 0.6) is 0 Å². The largest absolute Gasteiger partial charge is 0.456 e. The summed E-state index contributed by atoms with van der Waals surface area (Å²) < 4.78 is 8.76. The van der Waals surface area contributed by atoms with Crippen molar-refractivity contribution in [2.75, 3.05) is 0 Å². The number of benzene rings is 8. The summed E-state index contributed by atoms with van der Waals surface area (Å²) in [6.07, 6.45) is 0. The predicted molar refractivity (Wildman–Crippen MR) is 209 cm³/mol. The summed E-state index contributed by atoms with van der Waals surface area (Å²) in [5, 5.41) is 4.76. The van der Waals surface area contributed by atoms with Crippen LogP contribution in [0.3, 0.4) is 0 Å². The number of aromatic nitrogens is 1. The number of para-hydroxylation sites is 3. The molecule has 0 N–H and O–H groups in total. The van der Waals surface area contributed by atoms with Crippen molar-refractivity contribution in [2.45, 2.75) is 0 Å². The third-order valence-corrected chi connectivity index (χ3v) is 10.6. The number of fused-ring (bicyclic) bond motifs is 14. The van der Waals surface area contributed by atoms with Gasteiger partial charge in [0.15, 0.2) is 0 Å². The molecule has 0 fully saturated rings. The second-order valence-corrected chi connectivity index (χ2v) is 13.2. The van der Waals surface area contributed by atoms with Crippen molar-refractivity contribution < 1.29 is 4.42 Å². The van der Waals surface area contributed by atoms with Crippen LogP contribution in [0.25, 0.3) is 105 Å². The van der Waals surface area contributed by atoms with E-state index in [0.29, 0.717) is 0 Å². The van der Waals surface area contributed by atoms with Crippen LogP contribution < -0.4 is 0 Å². The lowest BCUT2D eigenvalue weighted by Gasteiger charge is -2.26. The van der Waals surface area contributed by atoms with Crippen LogP contribution in [0.2, 0.25) is 0 Å². The number of nitrogens with zero attached hydrogens (tertiary/aromatic N) is 1. The van der Waals surface area contributed by atoms with Gasteiger partial charge >= 0.3 is 0 Å². The van der Waals surface area contributed by atoms with Crippen molar-refractivity contribution in [1.82, 2.24) is 4.57 Å². The zero-order valence-corrected chi connectivity index (χ0v) is 27.1. The monoisotopic (exact) mass is 635 g/mol. The van der Waals surface area contributed by atoms with Crippen molar-refractivity contribution >= 4 is 43.7 Å². The lowest BCUT2D eigenvalue weighted by Crippen LogP contribution is -2.02. The Bertz CT molecular complexity index is 2940. The van der Waals surface area contributed by atoms with Crippen molar-refractivity contribution in [3.05, 3.63) is 176 Å². The van der Waals surface area contributed by atoms with Gasteiger partial charge in [-0.05, 0) is 98.1 Å². The Morgan fingerprint density at radius 1 is 0.320 bits per heavy atom. The molecule has 2 heterocycles. The predicted octanol–water partition coefficient (Wildman–Crippen LogP) is 13.3. The third-order valence-electron chi connectivity index (χ3n) is 10.6. The van der Waals surface area contributed by atoms with Gasteiger partial charge in [-0.25, -0.2) is 0 Å². The van der Waals surface area contributed by atoms with Crippen LogP contribution in [-0.4, -0.2) is 4.57 Å². The molecule has 2 nitrogen and oxygen atoms in total. The van der Waals surface area contributed by atoms with Gasteiger partial charge in [0.1, 0.15) is 11.2 Å². The molecule has 50 heavy (non-hydrogen) atoms. The molecule has 0 amide bonds. The van der Waals surface area contributed by atoms with Gasteiger partial charge in [-0.3, -0.25) is 0 Å². The zero-order chi connectivity index (χ0) is 32.8. The molecule has 0 saturated heterocycles. The molecule has 0 unspecified atom stereocenters. The highest BCUT2D eigenvalue weighted by molar-refractivity contribution is 6.12. The van der Waals surface area contributed by atoms with Crippen molar-refractivity contribution in [3.8, 4) is 61.3 Å². The second kappa shape index (κ2) is 10.4. The van der Waals surface area contributed by atoms with Gasteiger partial charge < -0.3 is 8.98 Å². The summed E-state index contributed by atoms with van der Waals surface area (Å²) >= 11 is 0. The number of furan rings is 1. The summed E-state index contributed by atoms with van der Waals surface area (Å²) in [5.41, 5.74) is 17.5. The molecule has 2 heteroatoms. The Hall–Kier alpha value is -6.64. The SMILES string of the molecule is c1ccc2c(c1)-c1ccccc1-c1cc(-n3c4ccccc4c4ccccc43)cc(-c3ccc4oc5ccccc5c4c3)c1-c1ccccc1-2. The minimum Gasteiger partial charge on any atom is -0.456 e. The molecule has 8 aromatic carbocycles. The van der Waals surface area contributed by atoms with E-state index in [0.717, 1.165) is 33.2 Å². The Morgan fingerprint density at radius 2 is 0.780 bits per heavy atom. The highest BCUT2D eigenvalue weighted by Gasteiger charge is 2.26. The topological polar surface area (TPSA) is 18.1 Å². The average molecular weight is 636 g/mol.